The third-order valence-corrected chi connectivity index (χ3v) is 3.32. The van der Waals surface area contributed by atoms with Crippen LogP contribution in [-0.2, 0) is 6.54 Å². The molecule has 0 radical (unpaired) electrons. The lowest BCUT2D eigenvalue weighted by Crippen LogP contribution is -2.18. The largest absolute Gasteiger partial charge is 0.312 e. The summed E-state index contributed by atoms with van der Waals surface area (Å²) in [5.41, 5.74) is 0.520. The van der Waals surface area contributed by atoms with E-state index in [1.54, 1.807) is 12.1 Å². The second-order valence-electron chi connectivity index (χ2n) is 3.67. The first-order valence-corrected chi connectivity index (χ1v) is 6.24. The number of hydrogen-bond donors (Lipinski definition) is 1. The van der Waals surface area contributed by atoms with E-state index in [1.165, 1.54) is 6.07 Å². The lowest BCUT2D eigenvalue weighted by Gasteiger charge is -2.09. The Morgan fingerprint density at radius 3 is 2.81 bits per heavy atom. The van der Waals surface area contributed by atoms with Crippen molar-refractivity contribution in [2.75, 3.05) is 6.54 Å². The average molecular weight is 264 g/mol. The summed E-state index contributed by atoms with van der Waals surface area (Å²) in [5.74, 6) is -0.266. The number of rotatable bonds is 6. The maximum Gasteiger partial charge on any atom is 0.129 e. The topological polar surface area (TPSA) is 12.0 Å². The predicted molar refractivity (Wildman–Crippen MR) is 67.7 cm³/mol. The number of hydrogen-bond acceptors (Lipinski definition) is 1. The lowest BCUT2D eigenvalue weighted by molar-refractivity contribution is 0.575. The van der Waals surface area contributed by atoms with Crippen molar-refractivity contribution in [2.45, 2.75) is 31.7 Å². The van der Waals surface area contributed by atoms with E-state index < -0.39 is 0 Å². The fourth-order valence-corrected chi connectivity index (χ4v) is 1.72. The van der Waals surface area contributed by atoms with Gasteiger partial charge in [-0.1, -0.05) is 24.6 Å². The van der Waals surface area contributed by atoms with Crippen molar-refractivity contribution in [1.29, 1.82) is 0 Å². The van der Waals surface area contributed by atoms with Gasteiger partial charge in [-0.05, 0) is 31.5 Å². The highest BCUT2D eigenvalue weighted by atomic mass is 35.5. The van der Waals surface area contributed by atoms with Crippen molar-refractivity contribution in [3.05, 3.63) is 34.6 Å². The van der Waals surface area contributed by atoms with Gasteiger partial charge in [0.2, 0.25) is 0 Å². The molecule has 0 fully saturated rings. The number of nitrogens with one attached hydrogen (secondary N) is 1. The maximum atomic E-state index is 13.4. The van der Waals surface area contributed by atoms with Gasteiger partial charge in [0.1, 0.15) is 5.82 Å². The smallest absolute Gasteiger partial charge is 0.129 e. The fourth-order valence-electron chi connectivity index (χ4n) is 1.38. The molecule has 1 aromatic carbocycles. The van der Waals surface area contributed by atoms with Crippen LogP contribution in [-0.4, -0.2) is 11.9 Å². The SMILES string of the molecule is CCC(Cl)CCNCc1c(F)cccc1Cl. The maximum absolute atomic E-state index is 13.4. The molecule has 0 aliphatic heterocycles. The summed E-state index contributed by atoms with van der Waals surface area (Å²) in [7, 11) is 0. The molecule has 0 heterocycles. The van der Waals surface area contributed by atoms with Crippen molar-refractivity contribution in [3.8, 4) is 0 Å². The quantitative estimate of drug-likeness (QED) is 0.605. The van der Waals surface area contributed by atoms with E-state index >= 15 is 0 Å². The number of alkyl halides is 1. The Morgan fingerprint density at radius 1 is 1.44 bits per heavy atom. The minimum Gasteiger partial charge on any atom is -0.312 e. The molecule has 1 nitrogen and oxygen atoms in total. The molecule has 0 saturated carbocycles. The van der Waals surface area contributed by atoms with Crippen LogP contribution in [0, 0.1) is 5.82 Å². The summed E-state index contributed by atoms with van der Waals surface area (Å²) in [4.78, 5) is 0. The van der Waals surface area contributed by atoms with Crippen molar-refractivity contribution in [1.82, 2.24) is 5.32 Å². The van der Waals surface area contributed by atoms with Gasteiger partial charge in [0, 0.05) is 22.5 Å². The van der Waals surface area contributed by atoms with Crippen LogP contribution in [0.4, 0.5) is 4.39 Å². The van der Waals surface area contributed by atoms with Crippen LogP contribution >= 0.6 is 23.2 Å². The molecule has 1 unspecified atom stereocenters. The lowest BCUT2D eigenvalue weighted by atomic mass is 10.2. The van der Waals surface area contributed by atoms with Crippen LogP contribution in [0.2, 0.25) is 5.02 Å². The Morgan fingerprint density at radius 2 is 2.19 bits per heavy atom. The Labute approximate surface area is 106 Å². The van der Waals surface area contributed by atoms with Gasteiger partial charge in [-0.3, -0.25) is 0 Å². The normalized spacial score (nSPS) is 12.8. The van der Waals surface area contributed by atoms with Gasteiger partial charge in [-0.15, -0.1) is 11.6 Å². The monoisotopic (exact) mass is 263 g/mol. The molecule has 0 aromatic heterocycles. The average Bonchev–Trinajstić information content (AvgIpc) is 2.27. The van der Waals surface area contributed by atoms with E-state index in [-0.39, 0.29) is 11.2 Å². The third kappa shape index (κ3) is 4.28. The molecule has 4 heteroatoms. The molecular weight excluding hydrogens is 248 g/mol. The summed E-state index contributed by atoms with van der Waals surface area (Å²) in [6.45, 7) is 3.26. The molecule has 0 aliphatic rings. The van der Waals surface area contributed by atoms with Gasteiger partial charge in [-0.2, -0.15) is 0 Å². The van der Waals surface area contributed by atoms with Gasteiger partial charge in [0.05, 0.1) is 0 Å². The zero-order valence-electron chi connectivity index (χ0n) is 9.27. The second-order valence-corrected chi connectivity index (χ2v) is 4.70. The van der Waals surface area contributed by atoms with Crippen molar-refractivity contribution < 1.29 is 4.39 Å². The Hall–Kier alpha value is -0.310. The predicted octanol–water partition coefficient (Wildman–Crippen LogP) is 3.98. The highest BCUT2D eigenvalue weighted by Gasteiger charge is 2.06. The van der Waals surface area contributed by atoms with Crippen LogP contribution in [0.5, 0.6) is 0 Å². The van der Waals surface area contributed by atoms with Crippen LogP contribution in [0.15, 0.2) is 18.2 Å². The minimum absolute atomic E-state index is 0.184. The molecule has 1 rings (SSSR count). The summed E-state index contributed by atoms with van der Waals surface area (Å²) in [6, 6.07) is 4.71. The Kier molecular flexibility index (Phi) is 6.10. The molecule has 0 amide bonds. The summed E-state index contributed by atoms with van der Waals surface area (Å²) in [5, 5.41) is 3.79. The molecule has 1 aromatic rings. The zero-order valence-corrected chi connectivity index (χ0v) is 10.8. The summed E-state index contributed by atoms with van der Waals surface area (Å²) in [6.07, 6.45) is 1.83. The van der Waals surface area contributed by atoms with Gasteiger partial charge >= 0.3 is 0 Å². The minimum atomic E-state index is -0.266. The first-order valence-electron chi connectivity index (χ1n) is 5.42. The van der Waals surface area contributed by atoms with Gasteiger partial charge < -0.3 is 5.32 Å². The van der Waals surface area contributed by atoms with Gasteiger partial charge in [-0.25, -0.2) is 4.39 Å². The van der Waals surface area contributed by atoms with Gasteiger partial charge in [0.25, 0.3) is 0 Å². The Balaban J connectivity index is 2.37. The molecular formula is C12H16Cl2FN. The van der Waals surface area contributed by atoms with E-state index in [1.807, 2.05) is 6.92 Å². The molecule has 1 N–H and O–H groups in total. The van der Waals surface area contributed by atoms with Crippen molar-refractivity contribution in [2.24, 2.45) is 0 Å². The number of benzene rings is 1. The van der Waals surface area contributed by atoms with Crippen LogP contribution < -0.4 is 5.32 Å². The van der Waals surface area contributed by atoms with Crippen LogP contribution in [0.1, 0.15) is 25.3 Å². The van der Waals surface area contributed by atoms with E-state index in [9.17, 15) is 4.39 Å². The van der Waals surface area contributed by atoms with Gasteiger partial charge in [0.15, 0.2) is 0 Å². The van der Waals surface area contributed by atoms with E-state index in [2.05, 4.69) is 5.32 Å². The first-order chi connectivity index (χ1) is 7.65. The molecule has 0 aliphatic carbocycles. The number of halogens is 3. The molecule has 1 atom stereocenters. The highest BCUT2D eigenvalue weighted by molar-refractivity contribution is 6.31. The highest BCUT2D eigenvalue weighted by Crippen LogP contribution is 2.18. The molecule has 16 heavy (non-hydrogen) atoms. The van der Waals surface area contributed by atoms with E-state index in [0.717, 1.165) is 19.4 Å². The van der Waals surface area contributed by atoms with E-state index in [0.29, 0.717) is 17.1 Å². The van der Waals surface area contributed by atoms with E-state index in [4.69, 9.17) is 23.2 Å². The first kappa shape index (κ1) is 13.8. The molecule has 0 bridgehead atoms. The van der Waals surface area contributed by atoms with Crippen LogP contribution in [0.25, 0.3) is 0 Å². The van der Waals surface area contributed by atoms with Crippen LogP contribution in [0.3, 0.4) is 0 Å². The van der Waals surface area contributed by atoms with Crippen molar-refractivity contribution >= 4 is 23.2 Å². The fraction of sp³-hybridized carbons (Fsp3) is 0.500. The van der Waals surface area contributed by atoms with Crippen molar-refractivity contribution in [3.63, 3.8) is 0 Å². The Bertz CT molecular complexity index is 311. The summed E-state index contributed by atoms with van der Waals surface area (Å²) < 4.78 is 13.4. The molecule has 90 valence electrons. The standard InChI is InChI=1S/C12H16Cl2FN/c1-2-9(13)6-7-16-8-10-11(14)4-3-5-12(10)15/h3-5,9,16H,2,6-8H2,1H3. The second kappa shape index (κ2) is 7.10. The molecule has 0 saturated heterocycles. The zero-order chi connectivity index (χ0) is 12.0. The summed E-state index contributed by atoms with van der Waals surface area (Å²) >= 11 is 11.9. The third-order valence-electron chi connectivity index (χ3n) is 2.44. The molecule has 0 spiro atoms.